The van der Waals surface area contributed by atoms with E-state index in [2.05, 4.69) is 5.32 Å². The van der Waals surface area contributed by atoms with E-state index in [-0.39, 0.29) is 5.92 Å². The number of rotatable bonds is 6. The summed E-state index contributed by atoms with van der Waals surface area (Å²) >= 11 is 0. The van der Waals surface area contributed by atoms with Crippen molar-refractivity contribution in [2.75, 3.05) is 13.1 Å². The van der Waals surface area contributed by atoms with E-state index in [0.29, 0.717) is 0 Å². The lowest BCUT2D eigenvalue weighted by Crippen LogP contribution is -2.27. The molecule has 0 saturated heterocycles. The van der Waals surface area contributed by atoms with Gasteiger partial charge < -0.3 is 5.32 Å². The smallest absolute Gasteiger partial charge is 0.122 e. The predicted molar refractivity (Wildman–Crippen MR) is 52.0 cm³/mol. The molecule has 0 aromatic heterocycles. The van der Waals surface area contributed by atoms with Crippen molar-refractivity contribution in [3.63, 3.8) is 0 Å². The summed E-state index contributed by atoms with van der Waals surface area (Å²) in [4.78, 5) is 0. The third-order valence-electron chi connectivity index (χ3n) is 2.01. The maximum Gasteiger partial charge on any atom is 0.122 e. The predicted octanol–water partition coefficient (Wildman–Crippen LogP) is 2.54. The highest BCUT2D eigenvalue weighted by Gasteiger charge is 2.14. The Hall–Kier alpha value is -0.370. The fourth-order valence-electron chi connectivity index (χ4n) is 1.15. The van der Waals surface area contributed by atoms with E-state index < -0.39 is 6.17 Å². The molecule has 72 valence electrons. The van der Waals surface area contributed by atoms with Gasteiger partial charge in [0, 0.05) is 12.5 Å². The molecule has 0 rings (SSSR count). The summed E-state index contributed by atoms with van der Waals surface area (Å²) in [5.41, 5.74) is 0. The lowest BCUT2D eigenvalue weighted by atomic mass is 10.0. The highest BCUT2D eigenvalue weighted by atomic mass is 19.1. The van der Waals surface area contributed by atoms with Crippen LogP contribution in [0.15, 0.2) is 12.2 Å². The van der Waals surface area contributed by atoms with Crippen LogP contribution in [0.5, 0.6) is 0 Å². The SMILES string of the molecule is CC=CC(F)[C@@H](CC)CNCC. The van der Waals surface area contributed by atoms with Gasteiger partial charge in [-0.3, -0.25) is 0 Å². The summed E-state index contributed by atoms with van der Waals surface area (Å²) in [6.45, 7) is 7.61. The van der Waals surface area contributed by atoms with Gasteiger partial charge in [-0.05, 0) is 19.9 Å². The molecule has 0 radical (unpaired) electrons. The van der Waals surface area contributed by atoms with Crippen LogP contribution in [-0.2, 0) is 0 Å². The van der Waals surface area contributed by atoms with Crippen molar-refractivity contribution in [1.82, 2.24) is 5.32 Å². The van der Waals surface area contributed by atoms with Crippen LogP contribution in [0.25, 0.3) is 0 Å². The quantitative estimate of drug-likeness (QED) is 0.609. The second kappa shape index (κ2) is 7.29. The van der Waals surface area contributed by atoms with Crippen molar-refractivity contribution in [1.29, 1.82) is 0 Å². The molecular weight excluding hydrogens is 153 g/mol. The molecule has 0 amide bonds. The van der Waals surface area contributed by atoms with Gasteiger partial charge in [-0.15, -0.1) is 0 Å². The Morgan fingerprint density at radius 2 is 2.08 bits per heavy atom. The first-order valence-corrected chi connectivity index (χ1v) is 4.73. The van der Waals surface area contributed by atoms with E-state index in [0.717, 1.165) is 19.5 Å². The number of hydrogen-bond acceptors (Lipinski definition) is 1. The van der Waals surface area contributed by atoms with E-state index in [4.69, 9.17) is 0 Å². The Labute approximate surface area is 75.0 Å². The summed E-state index contributed by atoms with van der Waals surface area (Å²) in [5, 5.41) is 3.16. The van der Waals surface area contributed by atoms with Gasteiger partial charge in [0.05, 0.1) is 0 Å². The molecule has 0 fully saturated rings. The van der Waals surface area contributed by atoms with E-state index in [1.807, 2.05) is 20.8 Å². The van der Waals surface area contributed by atoms with Crippen molar-refractivity contribution in [2.45, 2.75) is 33.4 Å². The molecule has 0 heterocycles. The van der Waals surface area contributed by atoms with Gasteiger partial charge in [0.25, 0.3) is 0 Å². The molecule has 2 heteroatoms. The summed E-state index contributed by atoms with van der Waals surface area (Å²) in [6.07, 6.45) is 3.50. The highest BCUT2D eigenvalue weighted by molar-refractivity contribution is 4.90. The lowest BCUT2D eigenvalue weighted by Gasteiger charge is -2.16. The van der Waals surface area contributed by atoms with Gasteiger partial charge in [-0.1, -0.05) is 26.0 Å². The summed E-state index contributed by atoms with van der Waals surface area (Å²) < 4.78 is 13.3. The fraction of sp³-hybridized carbons (Fsp3) is 0.800. The highest BCUT2D eigenvalue weighted by Crippen LogP contribution is 2.12. The molecule has 1 unspecified atom stereocenters. The van der Waals surface area contributed by atoms with Crippen molar-refractivity contribution in [2.24, 2.45) is 5.92 Å². The minimum Gasteiger partial charge on any atom is -0.317 e. The molecule has 1 nitrogen and oxygen atoms in total. The maximum atomic E-state index is 13.3. The zero-order valence-corrected chi connectivity index (χ0v) is 8.31. The molecule has 0 aromatic rings. The normalized spacial score (nSPS) is 16.7. The van der Waals surface area contributed by atoms with Gasteiger partial charge >= 0.3 is 0 Å². The van der Waals surface area contributed by atoms with Crippen LogP contribution in [0.3, 0.4) is 0 Å². The zero-order chi connectivity index (χ0) is 9.40. The number of halogens is 1. The van der Waals surface area contributed by atoms with Crippen molar-refractivity contribution < 1.29 is 4.39 Å². The molecule has 0 saturated carbocycles. The van der Waals surface area contributed by atoms with Crippen LogP contribution in [0, 0.1) is 5.92 Å². The molecule has 0 spiro atoms. The number of allylic oxidation sites excluding steroid dienone is 2. The average molecular weight is 173 g/mol. The molecule has 0 aliphatic rings. The molecule has 0 bridgehead atoms. The Bertz CT molecular complexity index is 123. The van der Waals surface area contributed by atoms with E-state index in [9.17, 15) is 4.39 Å². The molecule has 0 aliphatic heterocycles. The maximum absolute atomic E-state index is 13.3. The molecule has 2 atom stereocenters. The molecule has 0 aromatic carbocycles. The van der Waals surface area contributed by atoms with Crippen LogP contribution >= 0.6 is 0 Å². The molecule has 0 aliphatic carbocycles. The lowest BCUT2D eigenvalue weighted by molar-refractivity contribution is 0.266. The largest absolute Gasteiger partial charge is 0.317 e. The Morgan fingerprint density at radius 3 is 2.50 bits per heavy atom. The van der Waals surface area contributed by atoms with E-state index in [1.54, 1.807) is 12.2 Å². The van der Waals surface area contributed by atoms with Crippen molar-refractivity contribution >= 4 is 0 Å². The topological polar surface area (TPSA) is 12.0 Å². The van der Waals surface area contributed by atoms with Gasteiger partial charge in [0.1, 0.15) is 6.17 Å². The number of alkyl halides is 1. The van der Waals surface area contributed by atoms with E-state index in [1.165, 1.54) is 0 Å². The minimum absolute atomic E-state index is 0.126. The monoisotopic (exact) mass is 173 g/mol. The summed E-state index contributed by atoms with van der Waals surface area (Å²) in [5.74, 6) is 0.126. The first-order valence-electron chi connectivity index (χ1n) is 4.73. The number of hydrogen-bond donors (Lipinski definition) is 1. The Balaban J connectivity index is 3.78. The van der Waals surface area contributed by atoms with Gasteiger partial charge in [-0.25, -0.2) is 4.39 Å². The van der Waals surface area contributed by atoms with Crippen LogP contribution in [0.4, 0.5) is 4.39 Å². The van der Waals surface area contributed by atoms with Crippen LogP contribution in [0.2, 0.25) is 0 Å². The van der Waals surface area contributed by atoms with Crippen molar-refractivity contribution in [3.05, 3.63) is 12.2 Å². The first kappa shape index (κ1) is 11.6. The third kappa shape index (κ3) is 4.50. The van der Waals surface area contributed by atoms with Crippen LogP contribution in [0.1, 0.15) is 27.2 Å². The molecule has 12 heavy (non-hydrogen) atoms. The van der Waals surface area contributed by atoms with Crippen molar-refractivity contribution in [3.8, 4) is 0 Å². The minimum atomic E-state index is -0.793. The average Bonchev–Trinajstić information content (AvgIpc) is 2.06. The fourth-order valence-corrected chi connectivity index (χ4v) is 1.15. The third-order valence-corrected chi connectivity index (χ3v) is 2.01. The van der Waals surface area contributed by atoms with Crippen LogP contribution in [-0.4, -0.2) is 19.3 Å². The van der Waals surface area contributed by atoms with Gasteiger partial charge in [0.15, 0.2) is 0 Å². The number of nitrogens with one attached hydrogen (secondary N) is 1. The molecular formula is C10H20FN. The summed E-state index contributed by atoms with van der Waals surface area (Å²) in [6, 6.07) is 0. The van der Waals surface area contributed by atoms with Gasteiger partial charge in [0.2, 0.25) is 0 Å². The van der Waals surface area contributed by atoms with Crippen LogP contribution < -0.4 is 5.32 Å². The summed E-state index contributed by atoms with van der Waals surface area (Å²) in [7, 11) is 0. The Kier molecular flexibility index (Phi) is 7.06. The first-order chi connectivity index (χ1) is 5.76. The molecule has 1 N–H and O–H groups in total. The Morgan fingerprint density at radius 1 is 1.42 bits per heavy atom. The van der Waals surface area contributed by atoms with E-state index >= 15 is 0 Å². The standard InChI is InChI=1S/C10H20FN/c1-4-7-10(11)9(5-2)8-12-6-3/h4,7,9-10,12H,5-6,8H2,1-3H3/t9-,10?/m0/s1. The second-order valence-corrected chi connectivity index (χ2v) is 2.95. The van der Waals surface area contributed by atoms with Gasteiger partial charge in [-0.2, -0.15) is 0 Å². The second-order valence-electron chi connectivity index (χ2n) is 2.95. The zero-order valence-electron chi connectivity index (χ0n) is 8.31.